The number of ether oxygens (including phenoxy) is 1. The van der Waals surface area contributed by atoms with Crippen LogP contribution in [0.5, 0.6) is 0 Å². The molecule has 0 radical (unpaired) electrons. The first-order valence-electron chi connectivity index (χ1n) is 5.47. The van der Waals surface area contributed by atoms with E-state index in [9.17, 15) is 0 Å². The molecule has 0 atom stereocenters. The van der Waals surface area contributed by atoms with Gasteiger partial charge in [-0.25, -0.2) is 0 Å². The summed E-state index contributed by atoms with van der Waals surface area (Å²) in [6, 6.07) is 6.68. The van der Waals surface area contributed by atoms with Crippen LogP contribution in [0.1, 0.15) is 16.7 Å². The van der Waals surface area contributed by atoms with E-state index in [1.807, 2.05) is 7.11 Å². The lowest BCUT2D eigenvalue weighted by Crippen LogP contribution is -2.61. The zero-order valence-electron chi connectivity index (χ0n) is 9.76. The fourth-order valence-corrected chi connectivity index (χ4v) is 2.03. The van der Waals surface area contributed by atoms with E-state index < -0.39 is 0 Å². The number of aryl methyl sites for hydroxylation is 2. The van der Waals surface area contributed by atoms with Crippen molar-refractivity contribution < 1.29 is 4.74 Å². The van der Waals surface area contributed by atoms with Crippen LogP contribution >= 0.6 is 0 Å². The Morgan fingerprint density at radius 2 is 2.00 bits per heavy atom. The molecule has 1 aromatic carbocycles. The molecule has 1 aliphatic heterocycles. The summed E-state index contributed by atoms with van der Waals surface area (Å²) in [6.07, 6.45) is 1.01. The Bertz CT molecular complexity index is 350. The first kappa shape index (κ1) is 10.7. The molecular formula is C13H19NO. The lowest BCUT2D eigenvalue weighted by Gasteiger charge is -2.41. The van der Waals surface area contributed by atoms with E-state index in [-0.39, 0.29) is 5.60 Å². The molecule has 82 valence electrons. The van der Waals surface area contributed by atoms with Gasteiger partial charge >= 0.3 is 0 Å². The quantitative estimate of drug-likeness (QED) is 0.813. The van der Waals surface area contributed by atoms with Crippen LogP contribution in [-0.2, 0) is 11.2 Å². The van der Waals surface area contributed by atoms with Gasteiger partial charge in [0.15, 0.2) is 0 Å². The molecule has 1 aliphatic rings. The van der Waals surface area contributed by atoms with E-state index >= 15 is 0 Å². The zero-order valence-corrected chi connectivity index (χ0v) is 9.76. The first-order chi connectivity index (χ1) is 7.15. The molecule has 0 bridgehead atoms. The second kappa shape index (κ2) is 3.95. The van der Waals surface area contributed by atoms with Gasteiger partial charge in [-0.2, -0.15) is 0 Å². The van der Waals surface area contributed by atoms with Crippen molar-refractivity contribution in [2.45, 2.75) is 25.9 Å². The highest BCUT2D eigenvalue weighted by Crippen LogP contribution is 2.22. The molecule has 2 nitrogen and oxygen atoms in total. The van der Waals surface area contributed by atoms with Crippen molar-refractivity contribution in [1.82, 2.24) is 5.32 Å². The van der Waals surface area contributed by atoms with Gasteiger partial charge in [-0.3, -0.25) is 0 Å². The minimum Gasteiger partial charge on any atom is -0.375 e. The molecule has 0 amide bonds. The number of rotatable bonds is 3. The maximum Gasteiger partial charge on any atom is 0.0966 e. The fraction of sp³-hybridized carbons (Fsp3) is 0.538. The maximum absolute atomic E-state index is 5.59. The molecule has 15 heavy (non-hydrogen) atoms. The van der Waals surface area contributed by atoms with Crippen molar-refractivity contribution in [3.63, 3.8) is 0 Å². The highest BCUT2D eigenvalue weighted by molar-refractivity contribution is 5.31. The molecule has 0 unspecified atom stereocenters. The van der Waals surface area contributed by atoms with E-state index in [1.165, 1.54) is 16.7 Å². The molecule has 0 aliphatic carbocycles. The van der Waals surface area contributed by atoms with Gasteiger partial charge < -0.3 is 10.1 Å². The van der Waals surface area contributed by atoms with Gasteiger partial charge in [0.25, 0.3) is 0 Å². The second-order valence-corrected chi connectivity index (χ2v) is 4.59. The van der Waals surface area contributed by atoms with Crippen LogP contribution in [0.25, 0.3) is 0 Å². The summed E-state index contributed by atoms with van der Waals surface area (Å²) in [5.74, 6) is 0. The Morgan fingerprint density at radius 1 is 1.27 bits per heavy atom. The number of nitrogens with one attached hydrogen (secondary N) is 1. The van der Waals surface area contributed by atoms with Gasteiger partial charge in [0, 0.05) is 26.6 Å². The van der Waals surface area contributed by atoms with E-state index in [2.05, 4.69) is 37.4 Å². The molecule has 1 aromatic rings. The van der Waals surface area contributed by atoms with Crippen LogP contribution in [-0.4, -0.2) is 25.8 Å². The predicted molar refractivity (Wildman–Crippen MR) is 62.2 cm³/mol. The Morgan fingerprint density at radius 3 is 2.47 bits per heavy atom. The van der Waals surface area contributed by atoms with E-state index in [4.69, 9.17) is 4.74 Å². The van der Waals surface area contributed by atoms with Crippen molar-refractivity contribution in [1.29, 1.82) is 0 Å². The highest BCUT2D eigenvalue weighted by Gasteiger charge is 2.36. The monoisotopic (exact) mass is 205 g/mol. The fourth-order valence-electron chi connectivity index (χ4n) is 2.03. The van der Waals surface area contributed by atoms with Gasteiger partial charge in [-0.05, 0) is 30.5 Å². The van der Waals surface area contributed by atoms with Crippen molar-refractivity contribution >= 4 is 0 Å². The van der Waals surface area contributed by atoms with Gasteiger partial charge in [0.2, 0.25) is 0 Å². The predicted octanol–water partition coefficient (Wildman–Crippen LogP) is 1.83. The summed E-state index contributed by atoms with van der Waals surface area (Å²) in [4.78, 5) is 0. The summed E-state index contributed by atoms with van der Waals surface area (Å²) in [5.41, 5.74) is 4.14. The van der Waals surface area contributed by atoms with Crippen molar-refractivity contribution in [2.75, 3.05) is 20.2 Å². The van der Waals surface area contributed by atoms with Crippen LogP contribution < -0.4 is 5.32 Å². The Labute approximate surface area is 91.6 Å². The van der Waals surface area contributed by atoms with Crippen LogP contribution in [0, 0.1) is 13.8 Å². The molecule has 2 heteroatoms. The Hall–Kier alpha value is -0.860. The zero-order chi connectivity index (χ0) is 10.9. The largest absolute Gasteiger partial charge is 0.375 e. The van der Waals surface area contributed by atoms with Gasteiger partial charge in [0.1, 0.15) is 0 Å². The van der Waals surface area contributed by atoms with Crippen molar-refractivity contribution in [2.24, 2.45) is 0 Å². The topological polar surface area (TPSA) is 21.3 Å². The minimum absolute atomic E-state index is 0.0434. The third-order valence-electron chi connectivity index (χ3n) is 3.42. The molecule has 0 saturated carbocycles. The van der Waals surface area contributed by atoms with E-state index in [0.29, 0.717) is 0 Å². The first-order valence-corrected chi connectivity index (χ1v) is 5.47. The average Bonchev–Trinajstić information content (AvgIpc) is 2.17. The van der Waals surface area contributed by atoms with Crippen LogP contribution in [0.2, 0.25) is 0 Å². The van der Waals surface area contributed by atoms with Gasteiger partial charge in [0.05, 0.1) is 5.60 Å². The third-order valence-corrected chi connectivity index (χ3v) is 3.42. The van der Waals surface area contributed by atoms with Crippen molar-refractivity contribution in [3.8, 4) is 0 Å². The Balaban J connectivity index is 2.13. The van der Waals surface area contributed by atoms with Crippen LogP contribution in [0.3, 0.4) is 0 Å². The molecule has 1 fully saturated rings. The molecule has 0 spiro atoms. The SMILES string of the molecule is COC1(Cc2ccc(C)c(C)c2)CNC1. The number of hydrogen-bond acceptors (Lipinski definition) is 2. The maximum atomic E-state index is 5.59. The Kier molecular flexibility index (Phi) is 2.81. The highest BCUT2D eigenvalue weighted by atomic mass is 16.5. The van der Waals surface area contributed by atoms with Gasteiger partial charge in [-0.1, -0.05) is 18.2 Å². The number of methoxy groups -OCH3 is 1. The number of benzene rings is 1. The minimum atomic E-state index is 0.0434. The van der Waals surface area contributed by atoms with Gasteiger partial charge in [-0.15, -0.1) is 0 Å². The third kappa shape index (κ3) is 2.06. The van der Waals surface area contributed by atoms with Crippen LogP contribution in [0.4, 0.5) is 0 Å². The standard InChI is InChI=1S/C13H19NO/c1-10-4-5-12(6-11(10)2)7-13(15-3)8-14-9-13/h4-6,14H,7-9H2,1-3H3. The second-order valence-electron chi connectivity index (χ2n) is 4.59. The summed E-state index contributed by atoms with van der Waals surface area (Å²) >= 11 is 0. The summed E-state index contributed by atoms with van der Waals surface area (Å²) in [7, 11) is 1.81. The normalized spacial score (nSPS) is 18.6. The molecular weight excluding hydrogens is 186 g/mol. The molecule has 1 saturated heterocycles. The van der Waals surface area contributed by atoms with Crippen molar-refractivity contribution in [3.05, 3.63) is 34.9 Å². The smallest absolute Gasteiger partial charge is 0.0966 e. The molecule has 1 N–H and O–H groups in total. The average molecular weight is 205 g/mol. The molecule has 1 heterocycles. The molecule has 2 rings (SSSR count). The number of hydrogen-bond donors (Lipinski definition) is 1. The van der Waals surface area contributed by atoms with Crippen LogP contribution in [0.15, 0.2) is 18.2 Å². The van der Waals surface area contributed by atoms with E-state index in [0.717, 1.165) is 19.5 Å². The summed E-state index contributed by atoms with van der Waals surface area (Å²) in [6.45, 7) is 6.25. The molecule has 0 aromatic heterocycles. The van der Waals surface area contributed by atoms with E-state index in [1.54, 1.807) is 0 Å². The summed E-state index contributed by atoms with van der Waals surface area (Å²) in [5, 5.41) is 3.27. The lowest BCUT2D eigenvalue weighted by molar-refractivity contribution is -0.0502. The lowest BCUT2D eigenvalue weighted by atomic mass is 9.88. The summed E-state index contributed by atoms with van der Waals surface area (Å²) < 4.78 is 5.59.